The van der Waals surface area contributed by atoms with Crippen molar-refractivity contribution in [1.29, 1.82) is 0 Å². The second-order valence-corrected chi connectivity index (χ2v) is 7.66. The predicted octanol–water partition coefficient (Wildman–Crippen LogP) is 2.06. The summed E-state index contributed by atoms with van der Waals surface area (Å²) in [6, 6.07) is 8.64. The summed E-state index contributed by atoms with van der Waals surface area (Å²) in [5, 5.41) is 17.6. The van der Waals surface area contributed by atoms with E-state index in [4.69, 9.17) is 19.7 Å². The Kier molecular flexibility index (Phi) is 6.06. The minimum Gasteiger partial charge on any atom is -0.481 e. The smallest absolute Gasteiger partial charge is 0.341 e. The van der Waals surface area contributed by atoms with Crippen LogP contribution in [0.1, 0.15) is 11.1 Å². The zero-order valence-corrected chi connectivity index (χ0v) is 15.4. The molecule has 0 aliphatic rings. The summed E-state index contributed by atoms with van der Waals surface area (Å²) in [6.45, 7) is 1.94. The molecule has 0 bridgehead atoms. The number of carbonyl (C=O) groups is 2. The van der Waals surface area contributed by atoms with Crippen molar-refractivity contribution in [3.8, 4) is 11.5 Å². The fourth-order valence-corrected chi connectivity index (χ4v) is 3.99. The zero-order valence-electron chi connectivity index (χ0n) is 14.6. The van der Waals surface area contributed by atoms with Gasteiger partial charge in [-0.2, -0.15) is 0 Å². The maximum atomic E-state index is 13.2. The Bertz CT molecular complexity index is 905. The highest BCUT2D eigenvalue weighted by Gasteiger charge is 2.27. The number of benzene rings is 2. The molecule has 2 rings (SSSR count). The molecule has 0 unspecified atom stereocenters. The number of carboxylic acids is 2. The highest BCUT2D eigenvalue weighted by atomic mass is 32.2. The number of ether oxygens (including phenoxy) is 2. The lowest BCUT2D eigenvalue weighted by molar-refractivity contribution is -0.140. The molecule has 0 saturated carbocycles. The van der Waals surface area contributed by atoms with Crippen molar-refractivity contribution < 1.29 is 37.7 Å². The largest absolute Gasteiger partial charge is 0.481 e. The van der Waals surface area contributed by atoms with Crippen LogP contribution in [0, 0.1) is 13.8 Å². The first-order chi connectivity index (χ1) is 12.6. The molecule has 0 saturated heterocycles. The Morgan fingerprint density at radius 2 is 1.19 bits per heavy atom. The molecular formula is C18H18O8S. The Morgan fingerprint density at radius 1 is 0.815 bits per heavy atom. The average Bonchev–Trinajstić information content (AvgIpc) is 2.59. The van der Waals surface area contributed by atoms with Crippen LogP contribution in [0.4, 0.5) is 0 Å². The SMILES string of the molecule is Cc1ccc(OCC(=O)O)c(S(=O)(=O)c2cc(C)ccc2OCC(=O)O)c1. The van der Waals surface area contributed by atoms with E-state index in [2.05, 4.69) is 0 Å². The number of hydrogen-bond acceptors (Lipinski definition) is 6. The second kappa shape index (κ2) is 8.09. The molecule has 0 amide bonds. The van der Waals surface area contributed by atoms with Gasteiger partial charge in [0.2, 0.25) is 9.84 Å². The Labute approximate surface area is 155 Å². The lowest BCUT2D eigenvalue weighted by Crippen LogP contribution is -2.14. The third kappa shape index (κ3) is 4.98. The van der Waals surface area contributed by atoms with Crippen LogP contribution < -0.4 is 9.47 Å². The number of aliphatic carboxylic acids is 2. The van der Waals surface area contributed by atoms with Crippen LogP contribution in [0.3, 0.4) is 0 Å². The summed E-state index contributed by atoms with van der Waals surface area (Å²) in [6.07, 6.45) is 0. The Balaban J connectivity index is 2.59. The predicted molar refractivity (Wildman–Crippen MR) is 94.1 cm³/mol. The van der Waals surface area contributed by atoms with Crippen molar-refractivity contribution in [2.24, 2.45) is 0 Å². The fourth-order valence-electron chi connectivity index (χ4n) is 2.29. The van der Waals surface area contributed by atoms with Crippen LogP contribution in [0.5, 0.6) is 11.5 Å². The lowest BCUT2D eigenvalue weighted by Gasteiger charge is -2.15. The van der Waals surface area contributed by atoms with Gasteiger partial charge in [0.1, 0.15) is 21.3 Å². The van der Waals surface area contributed by atoms with Gasteiger partial charge in [-0.25, -0.2) is 18.0 Å². The Morgan fingerprint density at radius 3 is 1.52 bits per heavy atom. The molecule has 2 aromatic rings. The van der Waals surface area contributed by atoms with Crippen LogP contribution in [0.2, 0.25) is 0 Å². The normalized spacial score (nSPS) is 11.0. The first-order valence-electron chi connectivity index (χ1n) is 7.77. The minimum absolute atomic E-state index is 0.117. The maximum absolute atomic E-state index is 13.2. The van der Waals surface area contributed by atoms with Gasteiger partial charge in [-0.15, -0.1) is 0 Å². The van der Waals surface area contributed by atoms with Crippen molar-refractivity contribution in [2.75, 3.05) is 13.2 Å². The number of sulfone groups is 1. The molecule has 0 atom stereocenters. The molecule has 0 fully saturated rings. The monoisotopic (exact) mass is 394 g/mol. The van der Waals surface area contributed by atoms with Gasteiger partial charge in [0, 0.05) is 0 Å². The van der Waals surface area contributed by atoms with E-state index in [1.165, 1.54) is 24.3 Å². The Hall–Kier alpha value is -3.07. The van der Waals surface area contributed by atoms with Gasteiger partial charge in [-0.1, -0.05) is 12.1 Å². The molecule has 0 aliphatic carbocycles. The van der Waals surface area contributed by atoms with Gasteiger partial charge in [0.05, 0.1) is 0 Å². The topological polar surface area (TPSA) is 127 Å². The van der Waals surface area contributed by atoms with E-state index in [1.807, 2.05) is 0 Å². The van der Waals surface area contributed by atoms with Crippen molar-refractivity contribution >= 4 is 21.8 Å². The number of rotatable bonds is 8. The van der Waals surface area contributed by atoms with Crippen LogP contribution in [-0.4, -0.2) is 43.8 Å². The second-order valence-electron chi connectivity index (χ2n) is 5.77. The summed E-state index contributed by atoms with van der Waals surface area (Å²) >= 11 is 0. The first kappa shape index (κ1) is 20.2. The van der Waals surface area contributed by atoms with E-state index in [-0.39, 0.29) is 21.3 Å². The van der Waals surface area contributed by atoms with Gasteiger partial charge in [-0.3, -0.25) is 0 Å². The van der Waals surface area contributed by atoms with Crippen molar-refractivity contribution in [2.45, 2.75) is 23.6 Å². The molecule has 8 nitrogen and oxygen atoms in total. The summed E-state index contributed by atoms with van der Waals surface area (Å²) < 4.78 is 36.7. The standard InChI is InChI=1S/C18H18O8S/c1-11-3-5-13(25-9-17(19)20)15(7-11)27(23,24)16-8-12(2)4-6-14(16)26-10-18(21)22/h3-8H,9-10H2,1-2H3,(H,19,20)(H,21,22). The summed E-state index contributed by atoms with van der Waals surface area (Å²) in [7, 11) is -4.18. The quantitative estimate of drug-likeness (QED) is 0.696. The molecular weight excluding hydrogens is 376 g/mol. The van der Waals surface area contributed by atoms with Crippen LogP contribution in [0.15, 0.2) is 46.2 Å². The van der Waals surface area contributed by atoms with Crippen LogP contribution >= 0.6 is 0 Å². The van der Waals surface area contributed by atoms with E-state index in [1.54, 1.807) is 26.0 Å². The molecule has 0 radical (unpaired) electrons. The van der Waals surface area contributed by atoms with E-state index in [9.17, 15) is 18.0 Å². The van der Waals surface area contributed by atoms with Crippen molar-refractivity contribution in [3.63, 3.8) is 0 Å². The van der Waals surface area contributed by atoms with E-state index in [0.717, 1.165) is 0 Å². The molecule has 2 aromatic carbocycles. The third-order valence-electron chi connectivity index (χ3n) is 3.48. The average molecular weight is 394 g/mol. The molecule has 0 aliphatic heterocycles. The number of carboxylic acid groups (broad SMARTS) is 2. The zero-order chi connectivity index (χ0) is 20.2. The summed E-state index contributed by atoms with van der Waals surface area (Å²) in [5.41, 5.74) is 1.24. The maximum Gasteiger partial charge on any atom is 0.341 e. The molecule has 9 heteroatoms. The molecule has 27 heavy (non-hydrogen) atoms. The summed E-state index contributed by atoms with van der Waals surface area (Å²) in [4.78, 5) is 21.1. The number of hydrogen-bond donors (Lipinski definition) is 2. The van der Waals surface area contributed by atoms with Gasteiger partial charge >= 0.3 is 11.9 Å². The van der Waals surface area contributed by atoms with Gasteiger partial charge in [0.15, 0.2) is 13.2 Å². The van der Waals surface area contributed by atoms with Crippen LogP contribution in [-0.2, 0) is 19.4 Å². The van der Waals surface area contributed by atoms with Crippen molar-refractivity contribution in [1.82, 2.24) is 0 Å². The molecule has 144 valence electrons. The minimum atomic E-state index is -4.18. The van der Waals surface area contributed by atoms with E-state index < -0.39 is 35.0 Å². The third-order valence-corrected chi connectivity index (χ3v) is 5.28. The first-order valence-corrected chi connectivity index (χ1v) is 9.25. The van der Waals surface area contributed by atoms with Crippen molar-refractivity contribution in [3.05, 3.63) is 47.5 Å². The van der Waals surface area contributed by atoms with Crippen LogP contribution in [0.25, 0.3) is 0 Å². The van der Waals surface area contributed by atoms with Gasteiger partial charge < -0.3 is 19.7 Å². The highest BCUT2D eigenvalue weighted by molar-refractivity contribution is 7.91. The molecule has 2 N–H and O–H groups in total. The van der Waals surface area contributed by atoms with Gasteiger partial charge in [0.25, 0.3) is 0 Å². The molecule has 0 heterocycles. The highest BCUT2D eigenvalue weighted by Crippen LogP contribution is 2.35. The molecule has 0 spiro atoms. The lowest BCUT2D eigenvalue weighted by atomic mass is 10.2. The molecule has 0 aromatic heterocycles. The van der Waals surface area contributed by atoms with E-state index in [0.29, 0.717) is 11.1 Å². The number of aryl methyl sites for hydroxylation is 2. The van der Waals surface area contributed by atoms with E-state index >= 15 is 0 Å². The van der Waals surface area contributed by atoms with Gasteiger partial charge in [-0.05, 0) is 49.2 Å². The fraction of sp³-hybridized carbons (Fsp3) is 0.222. The summed E-state index contributed by atoms with van der Waals surface area (Å²) in [5.74, 6) is -2.73.